The van der Waals surface area contributed by atoms with Gasteiger partial charge >= 0.3 is 0 Å². The molecule has 20 heavy (non-hydrogen) atoms. The summed E-state index contributed by atoms with van der Waals surface area (Å²) in [6.07, 6.45) is 5.17. The van der Waals surface area contributed by atoms with Gasteiger partial charge in [-0.1, -0.05) is 36.6 Å². The summed E-state index contributed by atoms with van der Waals surface area (Å²) in [7, 11) is 0. The van der Waals surface area contributed by atoms with Gasteiger partial charge in [0, 0.05) is 17.6 Å². The van der Waals surface area contributed by atoms with Crippen LogP contribution in [0.1, 0.15) is 37.7 Å². The van der Waals surface area contributed by atoms with E-state index in [1.807, 2.05) is 24.3 Å². The highest BCUT2D eigenvalue weighted by Crippen LogP contribution is 2.41. The quantitative estimate of drug-likeness (QED) is 0.899. The van der Waals surface area contributed by atoms with Crippen LogP contribution in [-0.4, -0.2) is 25.0 Å². The minimum absolute atomic E-state index is 0.200. The summed E-state index contributed by atoms with van der Waals surface area (Å²) in [5.74, 6) is 0.200. The molecule has 0 spiro atoms. The predicted molar refractivity (Wildman–Crippen MR) is 81.0 cm³/mol. The maximum atomic E-state index is 12.8. The number of carbonyl (C=O) groups is 1. The van der Waals surface area contributed by atoms with Crippen molar-refractivity contribution in [3.63, 3.8) is 0 Å². The van der Waals surface area contributed by atoms with Crippen molar-refractivity contribution < 1.29 is 4.79 Å². The van der Waals surface area contributed by atoms with Gasteiger partial charge in [0.2, 0.25) is 5.91 Å². The molecule has 0 bridgehead atoms. The van der Waals surface area contributed by atoms with Crippen LogP contribution < -0.4 is 10.6 Å². The van der Waals surface area contributed by atoms with E-state index < -0.39 is 0 Å². The monoisotopic (exact) mass is 292 g/mol. The number of benzene rings is 1. The van der Waals surface area contributed by atoms with Crippen molar-refractivity contribution >= 4 is 17.5 Å². The molecular weight excluding hydrogens is 272 g/mol. The van der Waals surface area contributed by atoms with Crippen molar-refractivity contribution in [2.75, 3.05) is 13.1 Å². The second-order valence-electron chi connectivity index (χ2n) is 5.96. The molecule has 2 N–H and O–H groups in total. The third-order valence-electron chi connectivity index (χ3n) is 4.68. The number of amides is 1. The van der Waals surface area contributed by atoms with Gasteiger partial charge in [0.1, 0.15) is 0 Å². The molecule has 108 valence electrons. The smallest absolute Gasteiger partial charge is 0.230 e. The van der Waals surface area contributed by atoms with Crippen molar-refractivity contribution in [1.29, 1.82) is 0 Å². The number of carbonyl (C=O) groups excluding carboxylic acids is 1. The summed E-state index contributed by atoms with van der Waals surface area (Å²) in [5.41, 5.74) is 0.774. The molecule has 3 nitrogen and oxygen atoms in total. The van der Waals surface area contributed by atoms with Crippen LogP contribution in [0.25, 0.3) is 0 Å². The molecule has 1 atom stereocenters. The van der Waals surface area contributed by atoms with Crippen LogP contribution in [0.5, 0.6) is 0 Å². The average Bonchev–Trinajstić information content (AvgIpc) is 3.10. The van der Waals surface area contributed by atoms with Crippen LogP contribution in [0.2, 0.25) is 5.02 Å². The molecule has 2 fully saturated rings. The topological polar surface area (TPSA) is 41.1 Å². The molecule has 3 rings (SSSR count). The Morgan fingerprint density at radius 2 is 1.95 bits per heavy atom. The van der Waals surface area contributed by atoms with Gasteiger partial charge in [-0.15, -0.1) is 0 Å². The van der Waals surface area contributed by atoms with Gasteiger partial charge in [0.05, 0.1) is 5.41 Å². The molecule has 1 aromatic rings. The third kappa shape index (κ3) is 2.57. The fourth-order valence-electron chi connectivity index (χ4n) is 3.50. The molecule has 1 aromatic carbocycles. The summed E-state index contributed by atoms with van der Waals surface area (Å²) >= 11 is 5.97. The van der Waals surface area contributed by atoms with E-state index in [-0.39, 0.29) is 17.4 Å². The number of nitrogens with one attached hydrogen (secondary N) is 2. The Hall–Kier alpha value is -1.06. The lowest BCUT2D eigenvalue weighted by atomic mass is 9.78. The van der Waals surface area contributed by atoms with Crippen LogP contribution in [-0.2, 0) is 10.2 Å². The van der Waals surface area contributed by atoms with E-state index >= 15 is 0 Å². The molecule has 1 saturated carbocycles. The molecule has 4 heteroatoms. The molecule has 1 aliphatic carbocycles. The third-order valence-corrected chi connectivity index (χ3v) is 4.94. The molecule has 1 amide bonds. The maximum absolute atomic E-state index is 12.8. The summed E-state index contributed by atoms with van der Waals surface area (Å²) in [6.45, 7) is 1.89. The van der Waals surface area contributed by atoms with Crippen molar-refractivity contribution in [3.8, 4) is 0 Å². The van der Waals surface area contributed by atoms with Crippen molar-refractivity contribution in [3.05, 3.63) is 34.9 Å². The van der Waals surface area contributed by atoms with Crippen molar-refractivity contribution in [1.82, 2.24) is 10.6 Å². The lowest BCUT2D eigenvalue weighted by Gasteiger charge is -2.30. The number of hydrogen-bond acceptors (Lipinski definition) is 2. The first-order valence-corrected chi connectivity index (χ1v) is 7.86. The molecule has 1 aliphatic heterocycles. The van der Waals surface area contributed by atoms with Gasteiger partial charge in [0.15, 0.2) is 0 Å². The van der Waals surface area contributed by atoms with E-state index in [0.717, 1.165) is 55.8 Å². The van der Waals surface area contributed by atoms with E-state index in [2.05, 4.69) is 10.6 Å². The van der Waals surface area contributed by atoms with E-state index in [1.54, 1.807) is 0 Å². The van der Waals surface area contributed by atoms with Crippen LogP contribution in [0, 0.1) is 0 Å². The first-order chi connectivity index (χ1) is 9.71. The average molecular weight is 293 g/mol. The summed E-state index contributed by atoms with van der Waals surface area (Å²) in [6, 6.07) is 8.09. The highest BCUT2D eigenvalue weighted by molar-refractivity contribution is 6.30. The van der Waals surface area contributed by atoms with Gasteiger partial charge in [-0.3, -0.25) is 4.79 Å². The zero-order valence-corrected chi connectivity index (χ0v) is 12.4. The number of halogens is 1. The van der Waals surface area contributed by atoms with Gasteiger partial charge in [-0.25, -0.2) is 0 Å². The molecule has 1 unspecified atom stereocenters. The van der Waals surface area contributed by atoms with Crippen molar-refractivity contribution in [2.45, 2.75) is 43.6 Å². The molecule has 1 heterocycles. The van der Waals surface area contributed by atoms with Gasteiger partial charge in [-0.2, -0.15) is 0 Å². The van der Waals surface area contributed by atoms with E-state index in [4.69, 9.17) is 11.6 Å². The van der Waals surface area contributed by atoms with Gasteiger partial charge in [0.25, 0.3) is 0 Å². The summed E-state index contributed by atoms with van der Waals surface area (Å²) in [5, 5.41) is 7.26. The molecule has 0 aromatic heterocycles. The zero-order chi connectivity index (χ0) is 14.0. The number of hydrogen-bond donors (Lipinski definition) is 2. The second kappa shape index (κ2) is 5.74. The maximum Gasteiger partial charge on any atom is 0.230 e. The van der Waals surface area contributed by atoms with E-state index in [0.29, 0.717) is 0 Å². The van der Waals surface area contributed by atoms with Crippen LogP contribution in [0.3, 0.4) is 0 Å². The molecular formula is C16H21ClN2O. The minimum atomic E-state index is -0.340. The number of rotatable bonds is 3. The molecule has 0 radical (unpaired) electrons. The van der Waals surface area contributed by atoms with Crippen molar-refractivity contribution in [2.24, 2.45) is 0 Å². The zero-order valence-electron chi connectivity index (χ0n) is 11.6. The second-order valence-corrected chi connectivity index (χ2v) is 6.40. The first kappa shape index (κ1) is 13.9. The summed E-state index contributed by atoms with van der Waals surface area (Å²) < 4.78 is 0. The Labute approximate surface area is 125 Å². The Morgan fingerprint density at radius 1 is 1.25 bits per heavy atom. The fourth-order valence-corrected chi connectivity index (χ4v) is 3.62. The Bertz CT molecular complexity index is 474. The largest absolute Gasteiger partial charge is 0.351 e. The SMILES string of the molecule is O=C(NC1CCNC1)C1(c2ccc(Cl)cc2)CCCC1. The van der Waals surface area contributed by atoms with E-state index in [9.17, 15) is 4.79 Å². The highest BCUT2D eigenvalue weighted by atomic mass is 35.5. The standard InChI is InChI=1S/C16H21ClN2O/c17-13-5-3-12(4-6-13)16(8-1-2-9-16)15(20)19-14-7-10-18-11-14/h3-6,14,18H,1-2,7-11H2,(H,19,20). The normalized spacial score (nSPS) is 24.8. The lowest BCUT2D eigenvalue weighted by Crippen LogP contribution is -2.47. The summed E-state index contributed by atoms with van der Waals surface area (Å²) in [4.78, 5) is 12.8. The Balaban J connectivity index is 1.83. The van der Waals surface area contributed by atoms with Crippen LogP contribution in [0.15, 0.2) is 24.3 Å². The van der Waals surface area contributed by atoms with Crippen LogP contribution in [0.4, 0.5) is 0 Å². The predicted octanol–water partition coefficient (Wildman–Crippen LogP) is 2.63. The molecule has 2 aliphatic rings. The Morgan fingerprint density at radius 3 is 2.55 bits per heavy atom. The van der Waals surface area contributed by atoms with Crippen LogP contribution >= 0.6 is 11.6 Å². The van der Waals surface area contributed by atoms with Gasteiger partial charge in [-0.05, 0) is 43.5 Å². The Kier molecular flexibility index (Phi) is 3.99. The highest BCUT2D eigenvalue weighted by Gasteiger charge is 2.43. The molecule has 1 saturated heterocycles. The van der Waals surface area contributed by atoms with E-state index in [1.165, 1.54) is 0 Å². The fraction of sp³-hybridized carbons (Fsp3) is 0.562. The minimum Gasteiger partial charge on any atom is -0.351 e. The first-order valence-electron chi connectivity index (χ1n) is 7.48. The van der Waals surface area contributed by atoms with Gasteiger partial charge < -0.3 is 10.6 Å². The lowest BCUT2D eigenvalue weighted by molar-refractivity contribution is -0.127.